The second-order valence-corrected chi connectivity index (χ2v) is 10.6. The average Bonchev–Trinajstić information content (AvgIpc) is 3.10. The zero-order chi connectivity index (χ0) is 34.6. The van der Waals surface area contributed by atoms with Crippen molar-refractivity contribution in [3.63, 3.8) is 0 Å². The molecule has 0 heterocycles. The third-order valence-electron chi connectivity index (χ3n) is 7.73. The van der Waals surface area contributed by atoms with Crippen LogP contribution < -0.4 is 19.3 Å². The van der Waals surface area contributed by atoms with Crippen LogP contribution >= 0.6 is 0 Å². The summed E-state index contributed by atoms with van der Waals surface area (Å²) in [6.45, 7) is 12.1. The van der Waals surface area contributed by atoms with Gasteiger partial charge in [0, 0.05) is 60.8 Å². The summed E-state index contributed by atoms with van der Waals surface area (Å²) in [5.74, 6) is -0.205. The van der Waals surface area contributed by atoms with Gasteiger partial charge in [-0.1, -0.05) is 19.3 Å². The second kappa shape index (κ2) is 21.0. The third-order valence-corrected chi connectivity index (χ3v) is 7.73. The number of nitriles is 2. The maximum atomic E-state index is 12.5. The highest BCUT2D eigenvalue weighted by Gasteiger charge is 2.15. The molecule has 0 N–H and O–H groups in total. The summed E-state index contributed by atoms with van der Waals surface area (Å²) < 4.78 is 21.7. The van der Waals surface area contributed by atoms with Gasteiger partial charge in [-0.25, -0.2) is 9.59 Å². The Kier molecular flexibility index (Phi) is 17.0. The Hall–Kier alpha value is -4.96. The van der Waals surface area contributed by atoms with E-state index in [-0.39, 0.29) is 24.4 Å². The molecular weight excluding hydrogens is 596 g/mol. The van der Waals surface area contributed by atoms with Gasteiger partial charge in [-0.05, 0) is 77.0 Å². The molecule has 0 aromatic heterocycles. The number of rotatable bonds is 20. The summed E-state index contributed by atoms with van der Waals surface area (Å²) in [6.07, 6.45) is 6.72. The Morgan fingerprint density at radius 3 is 1.32 bits per heavy atom. The fourth-order valence-electron chi connectivity index (χ4n) is 5.01. The summed E-state index contributed by atoms with van der Waals surface area (Å²) in [5, 5.41) is 19.1. The van der Waals surface area contributed by atoms with Gasteiger partial charge in [0.25, 0.3) is 0 Å². The topological polar surface area (TPSA) is 125 Å². The lowest BCUT2D eigenvalue weighted by molar-refractivity contribution is -0.139. The molecule has 47 heavy (non-hydrogen) atoms. The zero-order valence-corrected chi connectivity index (χ0v) is 28.6. The molecule has 0 amide bonds. The van der Waals surface area contributed by atoms with Crippen LogP contribution in [0.2, 0.25) is 0 Å². The smallest absolute Gasteiger partial charge is 0.348 e. The second-order valence-electron chi connectivity index (χ2n) is 10.6. The van der Waals surface area contributed by atoms with Crippen molar-refractivity contribution >= 4 is 35.5 Å². The molecule has 0 aliphatic rings. The van der Waals surface area contributed by atoms with E-state index >= 15 is 0 Å². The number of benzene rings is 2. The molecule has 0 saturated carbocycles. The Morgan fingerprint density at radius 1 is 0.638 bits per heavy atom. The number of carbonyl (C=O) groups excluding carboxylic acids is 2. The molecule has 0 spiro atoms. The first-order valence-corrected chi connectivity index (χ1v) is 16.2. The van der Waals surface area contributed by atoms with Crippen LogP contribution in [0.25, 0.3) is 12.2 Å². The van der Waals surface area contributed by atoms with Crippen LogP contribution in [0.5, 0.6) is 11.5 Å². The molecule has 10 nitrogen and oxygen atoms in total. The molecule has 0 bridgehead atoms. The fourth-order valence-corrected chi connectivity index (χ4v) is 5.01. The number of nitrogens with zero attached hydrogens (tertiary/aromatic N) is 4. The van der Waals surface area contributed by atoms with Crippen molar-refractivity contribution in [1.82, 2.24) is 0 Å². The quantitative estimate of drug-likeness (QED) is 0.0647. The van der Waals surface area contributed by atoms with Gasteiger partial charge in [0.15, 0.2) is 0 Å². The minimum Gasteiger partial charge on any atom is -0.496 e. The van der Waals surface area contributed by atoms with Crippen LogP contribution in [0.3, 0.4) is 0 Å². The number of methoxy groups -OCH3 is 2. The molecule has 2 aromatic rings. The predicted octanol–water partition coefficient (Wildman–Crippen LogP) is 6.95. The largest absolute Gasteiger partial charge is 0.496 e. The number of hydrogen-bond acceptors (Lipinski definition) is 10. The Balaban J connectivity index is 1.77. The lowest BCUT2D eigenvalue weighted by Gasteiger charge is -2.22. The van der Waals surface area contributed by atoms with Crippen molar-refractivity contribution in [2.75, 3.05) is 63.4 Å². The maximum Gasteiger partial charge on any atom is 0.348 e. The molecule has 0 unspecified atom stereocenters. The standard InChI is InChI=1S/C37H48N4O6/c1-7-40(8-2)32-18-16-28(34(24-32)44-5)22-30(26-38)36(42)46-20-14-12-11-13-15-21-47-37(43)31(27-39)23-29-17-19-33(25-35(29)45-6)41(9-3)10-4/h16-19,22-25H,7-15,20-21H2,1-6H3/b30-22+,31-23+. The molecule has 0 radical (unpaired) electrons. The van der Waals surface area contributed by atoms with Crippen molar-refractivity contribution in [1.29, 1.82) is 10.5 Å². The number of ether oxygens (including phenoxy) is 4. The molecule has 252 valence electrons. The van der Waals surface area contributed by atoms with Gasteiger partial charge < -0.3 is 28.7 Å². The van der Waals surface area contributed by atoms with E-state index in [1.54, 1.807) is 14.2 Å². The maximum absolute atomic E-state index is 12.5. The first kappa shape index (κ1) is 38.2. The van der Waals surface area contributed by atoms with E-state index in [1.165, 1.54) is 12.2 Å². The number of hydrogen-bond donors (Lipinski definition) is 0. The van der Waals surface area contributed by atoms with E-state index in [4.69, 9.17) is 18.9 Å². The lowest BCUT2D eigenvalue weighted by atomic mass is 10.1. The molecule has 0 aliphatic heterocycles. The zero-order valence-electron chi connectivity index (χ0n) is 28.6. The van der Waals surface area contributed by atoms with Gasteiger partial charge in [0.1, 0.15) is 34.8 Å². The van der Waals surface area contributed by atoms with Gasteiger partial charge in [-0.15, -0.1) is 0 Å². The minimum absolute atomic E-state index is 0.0958. The molecule has 0 atom stereocenters. The van der Waals surface area contributed by atoms with E-state index in [2.05, 4.69) is 37.5 Å². The number of carbonyl (C=O) groups is 2. The van der Waals surface area contributed by atoms with Gasteiger partial charge in [0.2, 0.25) is 0 Å². The van der Waals surface area contributed by atoms with E-state index in [9.17, 15) is 20.1 Å². The Labute approximate surface area is 279 Å². The number of anilines is 2. The summed E-state index contributed by atoms with van der Waals surface area (Å²) >= 11 is 0. The van der Waals surface area contributed by atoms with Gasteiger partial charge in [0.05, 0.1) is 27.4 Å². The van der Waals surface area contributed by atoms with Crippen LogP contribution in [0.4, 0.5) is 11.4 Å². The molecular formula is C37H48N4O6. The third kappa shape index (κ3) is 11.7. The van der Waals surface area contributed by atoms with Crippen molar-refractivity contribution in [3.8, 4) is 23.6 Å². The van der Waals surface area contributed by atoms with E-state index in [0.717, 1.165) is 56.8 Å². The summed E-state index contributed by atoms with van der Waals surface area (Å²) in [5.41, 5.74) is 3.06. The molecule has 2 rings (SSSR count). The van der Waals surface area contributed by atoms with E-state index < -0.39 is 11.9 Å². The van der Waals surface area contributed by atoms with E-state index in [1.807, 2.05) is 48.5 Å². The minimum atomic E-state index is -0.673. The average molecular weight is 645 g/mol. The van der Waals surface area contributed by atoms with Crippen LogP contribution in [0.15, 0.2) is 47.5 Å². The van der Waals surface area contributed by atoms with Crippen LogP contribution in [0.1, 0.15) is 70.9 Å². The SMILES string of the molecule is CCN(CC)c1ccc(/C=C(\C#N)C(=O)OCCCCCCCOC(=O)/C(C#N)=C/c2ccc(N(CC)CC)cc2OC)c(OC)c1. The van der Waals surface area contributed by atoms with Crippen molar-refractivity contribution in [2.24, 2.45) is 0 Å². The van der Waals surface area contributed by atoms with Gasteiger partial charge in [-0.3, -0.25) is 0 Å². The Bertz CT molecular complexity index is 1350. The molecule has 0 aliphatic carbocycles. The molecule has 0 saturated heterocycles. The molecule has 0 fully saturated rings. The highest BCUT2D eigenvalue weighted by Crippen LogP contribution is 2.29. The Morgan fingerprint density at radius 2 is 1.00 bits per heavy atom. The first-order chi connectivity index (χ1) is 22.8. The number of esters is 2. The van der Waals surface area contributed by atoms with Gasteiger partial charge >= 0.3 is 11.9 Å². The first-order valence-electron chi connectivity index (χ1n) is 16.2. The number of unbranched alkanes of at least 4 members (excludes halogenated alkanes) is 4. The van der Waals surface area contributed by atoms with Crippen LogP contribution in [0, 0.1) is 22.7 Å². The predicted molar refractivity (Wildman–Crippen MR) is 185 cm³/mol. The van der Waals surface area contributed by atoms with Crippen molar-refractivity contribution < 1.29 is 28.5 Å². The van der Waals surface area contributed by atoms with Gasteiger partial charge in [-0.2, -0.15) is 10.5 Å². The highest BCUT2D eigenvalue weighted by molar-refractivity contribution is 5.99. The van der Waals surface area contributed by atoms with E-state index in [0.29, 0.717) is 35.5 Å². The van der Waals surface area contributed by atoms with Crippen molar-refractivity contribution in [2.45, 2.75) is 59.8 Å². The molecule has 2 aromatic carbocycles. The van der Waals surface area contributed by atoms with Crippen LogP contribution in [-0.2, 0) is 19.1 Å². The van der Waals surface area contributed by atoms with Crippen LogP contribution in [-0.4, -0.2) is 65.6 Å². The highest BCUT2D eigenvalue weighted by atomic mass is 16.5. The van der Waals surface area contributed by atoms with Crippen molar-refractivity contribution in [3.05, 3.63) is 58.7 Å². The summed E-state index contributed by atoms with van der Waals surface area (Å²) in [4.78, 5) is 29.4. The summed E-state index contributed by atoms with van der Waals surface area (Å²) in [6, 6.07) is 15.2. The monoisotopic (exact) mass is 644 g/mol. The normalized spacial score (nSPS) is 11.2. The lowest BCUT2D eigenvalue weighted by Crippen LogP contribution is -2.21. The summed E-state index contributed by atoms with van der Waals surface area (Å²) in [7, 11) is 3.11. The fraction of sp³-hybridized carbons (Fsp3) is 0.459. The molecule has 10 heteroatoms.